The van der Waals surface area contributed by atoms with Crippen molar-refractivity contribution in [2.24, 2.45) is 0 Å². The van der Waals surface area contributed by atoms with Gasteiger partial charge in [-0.2, -0.15) is 10.5 Å². The smallest absolute Gasteiger partial charge is 0.103 e. The van der Waals surface area contributed by atoms with Crippen molar-refractivity contribution in [1.29, 1.82) is 10.5 Å². The molecular weight excluding hydrogens is 224 g/mol. The highest BCUT2D eigenvalue weighted by molar-refractivity contribution is 9.11. The van der Waals surface area contributed by atoms with E-state index in [1.807, 2.05) is 19.1 Å². The van der Waals surface area contributed by atoms with Crippen LogP contribution in [0.25, 0.3) is 0 Å². The van der Waals surface area contributed by atoms with Crippen LogP contribution in [0.5, 0.6) is 0 Å². The van der Waals surface area contributed by atoms with Gasteiger partial charge in [0.1, 0.15) is 12.1 Å². The second kappa shape index (κ2) is 3.04. The van der Waals surface area contributed by atoms with Gasteiger partial charge in [0.15, 0.2) is 0 Å². The summed E-state index contributed by atoms with van der Waals surface area (Å²) in [6.07, 6.45) is 0. The zero-order valence-electron chi connectivity index (χ0n) is 5.68. The Morgan fingerprint density at radius 2 is 1.82 bits per heavy atom. The molecule has 0 saturated heterocycles. The zero-order chi connectivity index (χ0) is 8.43. The summed E-state index contributed by atoms with van der Waals surface area (Å²) >= 11 is 4.63. The lowest BCUT2D eigenvalue weighted by Crippen LogP contribution is -1.77. The third-order valence-corrected chi connectivity index (χ3v) is 3.04. The van der Waals surface area contributed by atoms with E-state index in [1.54, 1.807) is 0 Å². The Hall–Kier alpha value is -0.840. The van der Waals surface area contributed by atoms with Gasteiger partial charge in [-0.25, -0.2) is 0 Å². The van der Waals surface area contributed by atoms with Crippen molar-refractivity contribution < 1.29 is 0 Å². The lowest BCUT2D eigenvalue weighted by atomic mass is 10.2. The van der Waals surface area contributed by atoms with Crippen LogP contribution in [0.2, 0.25) is 0 Å². The number of nitriles is 2. The number of rotatable bonds is 0. The second-order valence-corrected chi connectivity index (χ2v) is 4.45. The molecule has 11 heavy (non-hydrogen) atoms. The van der Waals surface area contributed by atoms with Crippen LogP contribution < -0.4 is 0 Å². The molecule has 0 fully saturated rings. The van der Waals surface area contributed by atoms with E-state index in [9.17, 15) is 0 Å². The van der Waals surface area contributed by atoms with Crippen LogP contribution in [0.15, 0.2) is 3.79 Å². The van der Waals surface area contributed by atoms with Crippen molar-refractivity contribution in [3.63, 3.8) is 0 Å². The fraction of sp³-hybridized carbons (Fsp3) is 0.143. The van der Waals surface area contributed by atoms with Crippen LogP contribution in [-0.4, -0.2) is 0 Å². The molecule has 0 aliphatic carbocycles. The third kappa shape index (κ3) is 1.28. The van der Waals surface area contributed by atoms with Gasteiger partial charge in [0, 0.05) is 4.88 Å². The molecule has 0 amide bonds. The Bertz CT molecular complexity index is 333. The molecule has 0 atom stereocenters. The van der Waals surface area contributed by atoms with Gasteiger partial charge >= 0.3 is 0 Å². The van der Waals surface area contributed by atoms with Crippen LogP contribution in [0.4, 0.5) is 0 Å². The summed E-state index contributed by atoms with van der Waals surface area (Å²) in [6.45, 7) is 1.83. The number of hydrogen-bond acceptors (Lipinski definition) is 3. The van der Waals surface area contributed by atoms with E-state index in [0.717, 1.165) is 8.66 Å². The number of hydrogen-bond donors (Lipinski definition) is 0. The Morgan fingerprint density at radius 3 is 2.18 bits per heavy atom. The average molecular weight is 227 g/mol. The quantitative estimate of drug-likeness (QED) is 0.683. The van der Waals surface area contributed by atoms with E-state index >= 15 is 0 Å². The Kier molecular flexibility index (Phi) is 2.28. The molecule has 1 aromatic heterocycles. The Balaban J connectivity index is 3.47. The summed E-state index contributed by atoms with van der Waals surface area (Å²) in [5.74, 6) is 0. The minimum atomic E-state index is 0.454. The van der Waals surface area contributed by atoms with Gasteiger partial charge in [0.25, 0.3) is 0 Å². The molecule has 0 N–H and O–H groups in total. The third-order valence-electron chi connectivity index (χ3n) is 1.26. The number of aryl methyl sites for hydroxylation is 1. The maximum Gasteiger partial charge on any atom is 0.103 e. The van der Waals surface area contributed by atoms with E-state index < -0.39 is 0 Å². The maximum absolute atomic E-state index is 8.63. The van der Waals surface area contributed by atoms with Crippen LogP contribution in [0.3, 0.4) is 0 Å². The van der Waals surface area contributed by atoms with Crippen molar-refractivity contribution in [3.05, 3.63) is 19.8 Å². The standard InChI is InChI=1S/C7H3BrN2S/c1-4-5(2-9)6(3-10)7(8)11-4/h1H3. The van der Waals surface area contributed by atoms with E-state index in [0.29, 0.717) is 11.1 Å². The summed E-state index contributed by atoms with van der Waals surface area (Å²) in [4.78, 5) is 0.885. The van der Waals surface area contributed by atoms with Crippen LogP contribution in [0, 0.1) is 29.6 Å². The van der Waals surface area contributed by atoms with Gasteiger partial charge in [-0.15, -0.1) is 11.3 Å². The molecule has 0 aromatic carbocycles. The molecule has 0 bridgehead atoms. The lowest BCUT2D eigenvalue weighted by Gasteiger charge is -1.82. The predicted octanol–water partition coefficient (Wildman–Crippen LogP) is 2.56. The molecule has 1 rings (SSSR count). The molecule has 54 valence electrons. The molecule has 1 heterocycles. The Labute approximate surface area is 76.8 Å². The first kappa shape index (κ1) is 8.26. The van der Waals surface area contributed by atoms with E-state index in [2.05, 4.69) is 15.9 Å². The van der Waals surface area contributed by atoms with E-state index in [4.69, 9.17) is 10.5 Å². The van der Waals surface area contributed by atoms with Crippen LogP contribution >= 0.6 is 27.3 Å². The second-order valence-electron chi connectivity index (χ2n) is 1.91. The molecular formula is C7H3BrN2S. The summed E-state index contributed by atoms with van der Waals surface area (Å²) < 4.78 is 0.744. The average Bonchev–Trinajstić information content (AvgIpc) is 2.24. The van der Waals surface area contributed by atoms with E-state index in [-0.39, 0.29) is 0 Å². The first-order chi connectivity index (χ1) is 5.20. The van der Waals surface area contributed by atoms with Crippen LogP contribution in [0.1, 0.15) is 16.0 Å². The minimum absolute atomic E-state index is 0.454. The number of nitrogens with zero attached hydrogens (tertiary/aromatic N) is 2. The van der Waals surface area contributed by atoms with Gasteiger partial charge in [-0.3, -0.25) is 0 Å². The first-order valence-electron chi connectivity index (χ1n) is 2.79. The van der Waals surface area contributed by atoms with Gasteiger partial charge in [0.05, 0.1) is 14.9 Å². The molecule has 1 aromatic rings. The van der Waals surface area contributed by atoms with Gasteiger partial charge in [-0.05, 0) is 22.9 Å². The van der Waals surface area contributed by atoms with Crippen molar-refractivity contribution in [2.75, 3.05) is 0 Å². The van der Waals surface area contributed by atoms with Crippen molar-refractivity contribution in [1.82, 2.24) is 0 Å². The largest absolute Gasteiger partial charge is 0.192 e. The lowest BCUT2D eigenvalue weighted by molar-refractivity contribution is 1.43. The fourth-order valence-corrected chi connectivity index (χ4v) is 2.53. The molecule has 0 aliphatic heterocycles. The normalized spacial score (nSPS) is 8.73. The molecule has 0 saturated carbocycles. The maximum atomic E-state index is 8.63. The topological polar surface area (TPSA) is 47.6 Å². The highest BCUT2D eigenvalue weighted by Crippen LogP contribution is 2.31. The number of thiophene rings is 1. The highest BCUT2D eigenvalue weighted by atomic mass is 79.9. The number of halogens is 1. The summed E-state index contributed by atoms with van der Waals surface area (Å²) in [7, 11) is 0. The zero-order valence-corrected chi connectivity index (χ0v) is 8.08. The van der Waals surface area contributed by atoms with Crippen molar-refractivity contribution in [2.45, 2.75) is 6.92 Å². The minimum Gasteiger partial charge on any atom is -0.192 e. The Morgan fingerprint density at radius 1 is 1.27 bits per heavy atom. The monoisotopic (exact) mass is 226 g/mol. The van der Waals surface area contributed by atoms with E-state index in [1.165, 1.54) is 11.3 Å². The predicted molar refractivity (Wildman–Crippen MR) is 46.2 cm³/mol. The summed E-state index contributed by atoms with van der Waals surface area (Å²) in [5.41, 5.74) is 0.944. The SMILES string of the molecule is Cc1sc(Br)c(C#N)c1C#N. The molecule has 4 heteroatoms. The highest BCUT2D eigenvalue weighted by Gasteiger charge is 2.12. The molecule has 0 unspecified atom stereocenters. The van der Waals surface area contributed by atoms with Gasteiger partial charge in [-0.1, -0.05) is 0 Å². The molecule has 2 nitrogen and oxygen atoms in total. The molecule has 0 radical (unpaired) electrons. The van der Waals surface area contributed by atoms with Crippen molar-refractivity contribution >= 4 is 27.3 Å². The first-order valence-corrected chi connectivity index (χ1v) is 4.40. The summed E-state index contributed by atoms with van der Waals surface area (Å²) in [6, 6.07) is 3.97. The molecule has 0 spiro atoms. The fourth-order valence-electron chi connectivity index (χ4n) is 0.745. The molecule has 0 aliphatic rings. The van der Waals surface area contributed by atoms with Gasteiger partial charge < -0.3 is 0 Å². The van der Waals surface area contributed by atoms with Gasteiger partial charge in [0.2, 0.25) is 0 Å². The summed E-state index contributed by atoms with van der Waals surface area (Å²) in [5, 5.41) is 17.2. The van der Waals surface area contributed by atoms with Crippen LogP contribution in [-0.2, 0) is 0 Å². The van der Waals surface area contributed by atoms with Crippen molar-refractivity contribution in [3.8, 4) is 12.1 Å².